The van der Waals surface area contributed by atoms with E-state index in [2.05, 4.69) is 26.0 Å². The van der Waals surface area contributed by atoms with Gasteiger partial charge in [-0.2, -0.15) is 0 Å². The van der Waals surface area contributed by atoms with Crippen LogP contribution in [0.25, 0.3) is 0 Å². The molecule has 1 aromatic carbocycles. The average molecular weight is 428 g/mol. The van der Waals surface area contributed by atoms with Crippen LogP contribution < -0.4 is 21.3 Å². The van der Waals surface area contributed by atoms with Gasteiger partial charge in [-0.05, 0) is 31.0 Å². The third-order valence-corrected chi connectivity index (χ3v) is 4.55. The summed E-state index contributed by atoms with van der Waals surface area (Å²) in [5.41, 5.74) is -0.364. The van der Waals surface area contributed by atoms with Crippen molar-refractivity contribution in [3.8, 4) is 0 Å². The number of ketones is 1. The van der Waals surface area contributed by atoms with E-state index in [1.54, 1.807) is 0 Å². The van der Waals surface area contributed by atoms with Crippen molar-refractivity contribution in [3.05, 3.63) is 28.8 Å². The van der Waals surface area contributed by atoms with Gasteiger partial charge in [0.15, 0.2) is 0 Å². The molecule has 4 N–H and O–H groups in total. The van der Waals surface area contributed by atoms with Gasteiger partial charge in [0, 0.05) is 24.5 Å². The molecule has 11 heteroatoms. The van der Waals surface area contributed by atoms with Crippen LogP contribution in [0.15, 0.2) is 18.2 Å². The number of rotatable bonds is 7. The van der Waals surface area contributed by atoms with E-state index in [0.717, 1.165) is 0 Å². The number of amides is 4. The number of carbonyl (C=O) groups is 5. The quantitative estimate of drug-likeness (QED) is 0.465. The molecular weight excluding hydrogens is 404 g/mol. The van der Waals surface area contributed by atoms with Crippen LogP contribution in [0.1, 0.15) is 27.3 Å². The summed E-state index contributed by atoms with van der Waals surface area (Å²) in [4.78, 5) is 61.0. The fraction of sp³-hybridized carbons (Fsp3) is 0.389. The Kier molecular flexibility index (Phi) is 6.10. The lowest BCUT2D eigenvalue weighted by atomic mass is 9.95. The van der Waals surface area contributed by atoms with E-state index in [1.165, 1.54) is 25.2 Å². The Balaban J connectivity index is 2.26. The highest BCUT2D eigenvalue weighted by Crippen LogP contribution is 2.22. The van der Waals surface area contributed by atoms with Gasteiger partial charge in [0.05, 0.1) is 28.4 Å². The summed E-state index contributed by atoms with van der Waals surface area (Å²) in [6.45, 7) is 0.409. The van der Waals surface area contributed by atoms with Gasteiger partial charge in [-0.25, -0.2) is 4.79 Å². The van der Waals surface area contributed by atoms with Crippen molar-refractivity contribution in [2.75, 3.05) is 25.9 Å². The third kappa shape index (κ3) is 5.67. The van der Waals surface area contributed by atoms with Gasteiger partial charge in [0.2, 0.25) is 11.7 Å². The number of hydrogen-bond donors (Lipinski definition) is 4. The zero-order chi connectivity index (χ0) is 24.1. The molecule has 1 aromatic rings. The molecule has 0 aromatic heterocycles. The van der Waals surface area contributed by atoms with E-state index in [-0.39, 0.29) is 28.6 Å². The van der Waals surface area contributed by atoms with Gasteiger partial charge in [-0.3, -0.25) is 24.5 Å². The maximum Gasteiger partial charge on any atom is 0.411 e. The van der Waals surface area contributed by atoms with Crippen molar-refractivity contribution in [1.82, 2.24) is 16.0 Å². The first-order chi connectivity index (χ1) is 14.9. The molecule has 1 saturated heterocycles. The van der Waals surface area contributed by atoms with Gasteiger partial charge in [0.25, 0.3) is 11.8 Å². The molecule has 0 aliphatic carbocycles. The number of benzene rings is 1. The number of likely N-dealkylation sites (N-methyl/N-ethyl adjacent to an activating group) is 1. The van der Waals surface area contributed by atoms with Gasteiger partial charge < -0.3 is 20.7 Å². The highest BCUT2D eigenvalue weighted by molar-refractivity contribution is 6.38. The summed E-state index contributed by atoms with van der Waals surface area (Å²) >= 11 is 5.93. The average Bonchev–Trinajstić information content (AvgIpc) is 3.10. The van der Waals surface area contributed by atoms with Crippen molar-refractivity contribution >= 4 is 46.9 Å². The van der Waals surface area contributed by atoms with Gasteiger partial charge in [-0.15, -0.1) is 0 Å². The molecule has 156 valence electrons. The molecular formula is C18H21ClN4O6. The minimum atomic E-state index is -3.01. The number of carbonyl (C=O) groups excluding carboxylic acids is 5. The van der Waals surface area contributed by atoms with Crippen molar-refractivity contribution in [3.63, 3.8) is 0 Å². The highest BCUT2D eigenvalue weighted by Gasteiger charge is 2.34. The summed E-state index contributed by atoms with van der Waals surface area (Å²) in [5, 5.41) is 9.41. The topological polar surface area (TPSA) is 143 Å². The number of hydrogen-bond acceptors (Lipinski definition) is 6. The zero-order valence-electron chi connectivity index (χ0n) is 18.3. The number of anilines is 1. The molecule has 1 fully saturated rings. The number of Topliss-reactive ketones (excluding diaryl/α,β-unsaturated/α-hetero) is 1. The molecule has 2 atom stereocenters. The molecule has 29 heavy (non-hydrogen) atoms. The first-order valence-corrected chi connectivity index (χ1v) is 8.93. The maximum absolute atomic E-state index is 12.9. The summed E-state index contributed by atoms with van der Waals surface area (Å²) in [6, 6.07) is 2.40. The number of nitrogens with one attached hydrogen (secondary N) is 4. The Hall–Kier alpha value is -3.14. The number of ether oxygens (including phenoxy) is 1. The van der Waals surface area contributed by atoms with Crippen LogP contribution in [0.5, 0.6) is 0 Å². The minimum Gasteiger partial charge on any atom is -0.453 e. The molecule has 0 bridgehead atoms. The number of halogens is 1. The van der Waals surface area contributed by atoms with E-state index < -0.39 is 42.7 Å². The molecule has 0 saturated carbocycles. The molecule has 1 aliphatic rings. The van der Waals surface area contributed by atoms with Gasteiger partial charge in [-0.1, -0.05) is 11.6 Å². The molecule has 0 radical (unpaired) electrons. The lowest BCUT2D eigenvalue weighted by molar-refractivity contribution is -0.139. The standard InChI is InChI=1S/C18H21ClN4O6/c1-20-17(27)14(24)13(7-9-5-6-21-15(9)25)22-16(26)11-8-10(19)3-4-12(11)23-18(28)29-2/h3-4,8-9,13H,5-7H2,1-2H3,(H,20,27)(H,21,25)(H,22,26)(H,23,28)/t9-,13?/m0/s1/i2D3. The third-order valence-electron chi connectivity index (χ3n) is 4.31. The predicted molar refractivity (Wildman–Crippen MR) is 104 cm³/mol. The van der Waals surface area contributed by atoms with Crippen molar-refractivity contribution < 1.29 is 32.8 Å². The van der Waals surface area contributed by atoms with Crippen LogP contribution in [0.2, 0.25) is 5.02 Å². The normalized spacial score (nSPS) is 18.3. The lowest BCUT2D eigenvalue weighted by Crippen LogP contribution is -2.48. The van der Waals surface area contributed by atoms with E-state index in [0.29, 0.717) is 13.0 Å². The monoisotopic (exact) mass is 427 g/mol. The Morgan fingerprint density at radius 2 is 2.14 bits per heavy atom. The summed E-state index contributed by atoms with van der Waals surface area (Å²) in [5.74, 6) is -3.69. The second kappa shape index (κ2) is 9.87. The lowest BCUT2D eigenvalue weighted by Gasteiger charge is -2.20. The minimum absolute atomic E-state index is 0.106. The Labute approximate surface area is 175 Å². The fourth-order valence-electron chi connectivity index (χ4n) is 2.85. The van der Waals surface area contributed by atoms with Crippen LogP contribution in [0, 0.1) is 5.92 Å². The first kappa shape index (κ1) is 17.9. The highest BCUT2D eigenvalue weighted by atomic mass is 35.5. The van der Waals surface area contributed by atoms with E-state index in [4.69, 9.17) is 15.7 Å². The van der Waals surface area contributed by atoms with Crippen LogP contribution >= 0.6 is 11.6 Å². The van der Waals surface area contributed by atoms with Crippen LogP contribution in [-0.4, -0.2) is 56.3 Å². The molecule has 2 rings (SSSR count). The molecule has 0 spiro atoms. The fourth-order valence-corrected chi connectivity index (χ4v) is 3.02. The molecule has 1 unspecified atom stereocenters. The maximum atomic E-state index is 12.9. The number of methoxy groups -OCH3 is 1. The van der Waals surface area contributed by atoms with Crippen LogP contribution in [0.4, 0.5) is 10.5 Å². The summed E-state index contributed by atoms with van der Waals surface area (Å²) in [7, 11) is -1.76. The summed E-state index contributed by atoms with van der Waals surface area (Å²) in [6.07, 6.45) is -1.03. The first-order valence-electron chi connectivity index (χ1n) is 10.1. The Bertz CT molecular complexity index is 940. The second-order valence-electron chi connectivity index (χ2n) is 6.19. The SMILES string of the molecule is [2H]C([2H])([2H])OC(=O)Nc1ccc(Cl)cc1C(=O)NC(C[C@@H]1CCNC1=O)C(=O)C(=O)NC. The van der Waals surface area contributed by atoms with Crippen LogP contribution in [-0.2, 0) is 19.1 Å². The van der Waals surface area contributed by atoms with E-state index in [9.17, 15) is 24.0 Å². The smallest absolute Gasteiger partial charge is 0.411 e. The molecule has 4 amide bonds. The van der Waals surface area contributed by atoms with Crippen molar-refractivity contribution in [1.29, 1.82) is 0 Å². The van der Waals surface area contributed by atoms with Gasteiger partial charge in [0.1, 0.15) is 0 Å². The predicted octanol–water partition coefficient (Wildman–Crippen LogP) is 0.458. The summed E-state index contributed by atoms with van der Waals surface area (Å²) < 4.78 is 25.1. The molecule has 1 aliphatic heterocycles. The largest absolute Gasteiger partial charge is 0.453 e. The van der Waals surface area contributed by atoms with Crippen molar-refractivity contribution in [2.45, 2.75) is 18.9 Å². The Morgan fingerprint density at radius 1 is 1.38 bits per heavy atom. The second-order valence-corrected chi connectivity index (χ2v) is 6.62. The molecule has 10 nitrogen and oxygen atoms in total. The van der Waals surface area contributed by atoms with Crippen LogP contribution in [0.3, 0.4) is 0 Å². The van der Waals surface area contributed by atoms with Crippen molar-refractivity contribution in [2.24, 2.45) is 5.92 Å². The van der Waals surface area contributed by atoms with E-state index >= 15 is 0 Å². The molecule has 1 heterocycles. The zero-order valence-corrected chi connectivity index (χ0v) is 16.1. The van der Waals surface area contributed by atoms with E-state index in [1.807, 2.05) is 0 Å². The van der Waals surface area contributed by atoms with Gasteiger partial charge >= 0.3 is 6.09 Å². The Morgan fingerprint density at radius 3 is 2.76 bits per heavy atom.